The molecule has 0 fully saturated rings. The highest BCUT2D eigenvalue weighted by Gasteiger charge is 2.25. The second kappa shape index (κ2) is 5.59. The normalized spacial score (nSPS) is 11.4. The number of anilines is 1. The Labute approximate surface area is 120 Å². The van der Waals surface area contributed by atoms with Gasteiger partial charge < -0.3 is 10.1 Å². The molecule has 2 rings (SSSR count). The lowest BCUT2D eigenvalue weighted by Crippen LogP contribution is -2.24. The Morgan fingerprint density at radius 1 is 1.10 bits per heavy atom. The molecule has 1 heterocycles. The lowest BCUT2D eigenvalue weighted by Gasteiger charge is -2.23. The van der Waals surface area contributed by atoms with E-state index in [1.165, 1.54) is 0 Å². The molecule has 1 N–H and O–H groups in total. The molecule has 0 aliphatic heterocycles. The number of benzene rings is 1. The molecule has 0 atom stereocenters. The van der Waals surface area contributed by atoms with Crippen LogP contribution in [0.5, 0.6) is 0 Å². The van der Waals surface area contributed by atoms with Crippen molar-refractivity contribution in [3.05, 3.63) is 41.7 Å². The van der Waals surface area contributed by atoms with Crippen molar-refractivity contribution in [3.63, 3.8) is 0 Å². The Morgan fingerprint density at radius 3 is 2.30 bits per heavy atom. The molecular weight excluding hydrogens is 250 g/mol. The van der Waals surface area contributed by atoms with Gasteiger partial charge in [-0.15, -0.1) is 0 Å². The van der Waals surface area contributed by atoms with Crippen LogP contribution < -0.4 is 5.32 Å². The molecule has 0 spiro atoms. The minimum atomic E-state index is -0.525. The van der Waals surface area contributed by atoms with Gasteiger partial charge in [0.05, 0.1) is 5.69 Å². The zero-order valence-corrected chi connectivity index (χ0v) is 12.7. The number of aromatic nitrogens is 2. The fourth-order valence-electron chi connectivity index (χ4n) is 2.00. The van der Waals surface area contributed by atoms with Crippen molar-refractivity contribution in [2.75, 3.05) is 19.5 Å². The highest BCUT2D eigenvalue weighted by atomic mass is 16.5. The summed E-state index contributed by atoms with van der Waals surface area (Å²) in [7, 11) is 3.54. The first kappa shape index (κ1) is 14.5. The smallest absolute Gasteiger partial charge is 0.162 e. The van der Waals surface area contributed by atoms with Gasteiger partial charge in [0.15, 0.2) is 5.82 Å². The summed E-state index contributed by atoms with van der Waals surface area (Å²) < 4.78 is 5.50. The Kier molecular flexibility index (Phi) is 4.04. The van der Waals surface area contributed by atoms with E-state index in [1.807, 2.05) is 46.0 Å². The van der Waals surface area contributed by atoms with E-state index >= 15 is 0 Å². The molecule has 0 aliphatic rings. The number of hydrogen-bond acceptors (Lipinski definition) is 4. The summed E-state index contributed by atoms with van der Waals surface area (Å²) >= 11 is 0. The van der Waals surface area contributed by atoms with Crippen molar-refractivity contribution < 1.29 is 4.74 Å². The van der Waals surface area contributed by atoms with Crippen LogP contribution in [-0.4, -0.2) is 24.1 Å². The SMILES string of the molecule is CNc1nc(C(C)(C)OC)nc(-c2ccccc2)c1C. The molecule has 0 aliphatic carbocycles. The van der Waals surface area contributed by atoms with Crippen LogP contribution >= 0.6 is 0 Å². The second-order valence-electron chi connectivity index (χ2n) is 5.20. The van der Waals surface area contributed by atoms with Gasteiger partial charge in [0.1, 0.15) is 11.4 Å². The summed E-state index contributed by atoms with van der Waals surface area (Å²) in [5, 5.41) is 3.14. The summed E-state index contributed by atoms with van der Waals surface area (Å²) in [4.78, 5) is 9.29. The lowest BCUT2D eigenvalue weighted by atomic mass is 10.0. The fraction of sp³-hybridized carbons (Fsp3) is 0.375. The third-order valence-electron chi connectivity index (χ3n) is 3.48. The van der Waals surface area contributed by atoms with Gasteiger partial charge in [-0.1, -0.05) is 30.3 Å². The van der Waals surface area contributed by atoms with Crippen molar-refractivity contribution in [1.29, 1.82) is 0 Å². The lowest BCUT2D eigenvalue weighted by molar-refractivity contribution is 0.0116. The van der Waals surface area contributed by atoms with Crippen molar-refractivity contribution in [2.24, 2.45) is 0 Å². The monoisotopic (exact) mass is 271 g/mol. The Morgan fingerprint density at radius 2 is 1.75 bits per heavy atom. The van der Waals surface area contributed by atoms with Crippen molar-refractivity contribution in [3.8, 4) is 11.3 Å². The minimum Gasteiger partial charge on any atom is -0.373 e. The van der Waals surface area contributed by atoms with Gasteiger partial charge >= 0.3 is 0 Å². The zero-order chi connectivity index (χ0) is 14.8. The maximum Gasteiger partial charge on any atom is 0.162 e. The van der Waals surface area contributed by atoms with Gasteiger partial charge in [-0.05, 0) is 20.8 Å². The van der Waals surface area contributed by atoms with E-state index in [0.717, 1.165) is 22.6 Å². The zero-order valence-electron chi connectivity index (χ0n) is 12.7. The van der Waals surface area contributed by atoms with Crippen LogP contribution in [0.15, 0.2) is 30.3 Å². The number of ether oxygens (including phenoxy) is 1. The van der Waals surface area contributed by atoms with Gasteiger partial charge in [-0.2, -0.15) is 0 Å². The molecular formula is C16H21N3O. The number of rotatable bonds is 4. The molecule has 0 radical (unpaired) electrons. The first-order valence-electron chi connectivity index (χ1n) is 6.67. The van der Waals surface area contributed by atoms with Crippen LogP contribution in [0.4, 0.5) is 5.82 Å². The molecule has 0 bridgehead atoms. The molecule has 4 nitrogen and oxygen atoms in total. The van der Waals surface area contributed by atoms with E-state index < -0.39 is 5.60 Å². The molecule has 0 saturated heterocycles. The Bertz CT molecular complexity index is 594. The molecule has 1 aromatic heterocycles. The predicted octanol–water partition coefficient (Wildman–Crippen LogP) is 3.38. The maximum atomic E-state index is 5.50. The number of nitrogens with one attached hydrogen (secondary N) is 1. The third kappa shape index (κ3) is 2.65. The van der Waals surface area contributed by atoms with Crippen LogP contribution in [0.3, 0.4) is 0 Å². The molecule has 0 saturated carbocycles. The van der Waals surface area contributed by atoms with Gasteiger partial charge in [-0.25, -0.2) is 9.97 Å². The number of hydrogen-bond donors (Lipinski definition) is 1. The number of methoxy groups -OCH3 is 1. The summed E-state index contributed by atoms with van der Waals surface area (Å²) in [5.74, 6) is 1.51. The molecule has 1 aromatic carbocycles. The van der Waals surface area contributed by atoms with E-state index in [-0.39, 0.29) is 0 Å². The van der Waals surface area contributed by atoms with Crippen molar-refractivity contribution in [1.82, 2.24) is 9.97 Å². The largest absolute Gasteiger partial charge is 0.373 e. The van der Waals surface area contributed by atoms with Crippen molar-refractivity contribution >= 4 is 5.82 Å². The van der Waals surface area contributed by atoms with Crippen LogP contribution in [0.2, 0.25) is 0 Å². The van der Waals surface area contributed by atoms with Crippen LogP contribution in [0.25, 0.3) is 11.3 Å². The minimum absolute atomic E-state index is 0.525. The van der Waals surface area contributed by atoms with E-state index in [9.17, 15) is 0 Å². The van der Waals surface area contributed by atoms with E-state index in [2.05, 4.69) is 22.4 Å². The average molecular weight is 271 g/mol. The first-order valence-corrected chi connectivity index (χ1v) is 6.67. The Hall–Kier alpha value is -1.94. The standard InChI is InChI=1S/C16H21N3O/c1-11-13(12-9-7-6-8-10-12)18-15(16(2,3)20-5)19-14(11)17-4/h6-10H,1-5H3,(H,17,18,19). The highest BCUT2D eigenvalue weighted by molar-refractivity contribution is 5.68. The number of nitrogens with zero attached hydrogens (tertiary/aromatic N) is 2. The van der Waals surface area contributed by atoms with E-state index in [1.54, 1.807) is 7.11 Å². The average Bonchev–Trinajstić information content (AvgIpc) is 2.48. The maximum absolute atomic E-state index is 5.50. The van der Waals surface area contributed by atoms with Crippen LogP contribution in [-0.2, 0) is 10.3 Å². The molecule has 20 heavy (non-hydrogen) atoms. The Balaban J connectivity index is 2.65. The topological polar surface area (TPSA) is 47.0 Å². The molecule has 106 valence electrons. The van der Waals surface area contributed by atoms with Crippen molar-refractivity contribution in [2.45, 2.75) is 26.4 Å². The molecule has 2 aromatic rings. The fourth-order valence-corrected chi connectivity index (χ4v) is 2.00. The van der Waals surface area contributed by atoms with Gasteiger partial charge in [0.2, 0.25) is 0 Å². The van der Waals surface area contributed by atoms with Crippen LogP contribution in [0, 0.1) is 6.92 Å². The summed E-state index contributed by atoms with van der Waals surface area (Å²) in [5.41, 5.74) is 2.53. The third-order valence-corrected chi connectivity index (χ3v) is 3.48. The van der Waals surface area contributed by atoms with E-state index in [0.29, 0.717) is 5.82 Å². The molecule has 4 heteroatoms. The first-order chi connectivity index (χ1) is 9.49. The van der Waals surface area contributed by atoms with Crippen LogP contribution in [0.1, 0.15) is 25.2 Å². The second-order valence-corrected chi connectivity index (χ2v) is 5.20. The summed E-state index contributed by atoms with van der Waals surface area (Å²) in [6.07, 6.45) is 0. The quantitative estimate of drug-likeness (QED) is 0.926. The van der Waals surface area contributed by atoms with Gasteiger partial charge in [0.25, 0.3) is 0 Å². The van der Waals surface area contributed by atoms with Gasteiger partial charge in [0, 0.05) is 25.3 Å². The summed E-state index contributed by atoms with van der Waals surface area (Å²) in [6.45, 7) is 5.95. The highest BCUT2D eigenvalue weighted by Crippen LogP contribution is 2.29. The van der Waals surface area contributed by atoms with E-state index in [4.69, 9.17) is 9.72 Å². The molecule has 0 unspecified atom stereocenters. The summed E-state index contributed by atoms with van der Waals surface area (Å²) in [6, 6.07) is 10.1. The van der Waals surface area contributed by atoms with Gasteiger partial charge in [-0.3, -0.25) is 0 Å². The predicted molar refractivity (Wildman–Crippen MR) is 81.8 cm³/mol. The molecule has 0 amide bonds.